The summed E-state index contributed by atoms with van der Waals surface area (Å²) in [6.07, 6.45) is -0.780. The van der Waals surface area contributed by atoms with Gasteiger partial charge in [-0.05, 0) is 12.5 Å². The van der Waals surface area contributed by atoms with Crippen molar-refractivity contribution in [3.63, 3.8) is 0 Å². The maximum Gasteiger partial charge on any atom is 0.154 e. The molecule has 2 rings (SSSR count). The van der Waals surface area contributed by atoms with Gasteiger partial charge >= 0.3 is 0 Å². The van der Waals surface area contributed by atoms with Gasteiger partial charge in [0.1, 0.15) is 0 Å². The zero-order chi connectivity index (χ0) is 14.6. The van der Waals surface area contributed by atoms with Gasteiger partial charge in [-0.2, -0.15) is 0 Å². The van der Waals surface area contributed by atoms with Gasteiger partial charge in [-0.25, -0.2) is 8.42 Å². The number of rotatable bonds is 6. The highest BCUT2D eigenvalue weighted by Crippen LogP contribution is 2.11. The predicted molar refractivity (Wildman–Crippen MR) is 79.3 cm³/mol. The molecule has 1 aliphatic rings. The van der Waals surface area contributed by atoms with E-state index in [2.05, 4.69) is 41.8 Å². The zero-order valence-electron chi connectivity index (χ0n) is 11.7. The predicted octanol–water partition coefficient (Wildman–Crippen LogP) is -0.168. The molecule has 1 heterocycles. The Balaban J connectivity index is 1.64. The highest BCUT2D eigenvalue weighted by molar-refractivity contribution is 7.91. The zero-order valence-corrected chi connectivity index (χ0v) is 12.5. The highest BCUT2D eigenvalue weighted by Gasteiger charge is 2.35. The van der Waals surface area contributed by atoms with E-state index in [9.17, 15) is 13.5 Å². The Morgan fingerprint density at radius 2 is 1.90 bits per heavy atom. The van der Waals surface area contributed by atoms with E-state index in [-0.39, 0.29) is 17.5 Å². The quantitative estimate of drug-likeness (QED) is 0.636. The van der Waals surface area contributed by atoms with Crippen LogP contribution in [0.3, 0.4) is 0 Å². The first-order valence-electron chi connectivity index (χ1n) is 6.84. The first-order valence-corrected chi connectivity index (χ1v) is 8.66. The number of nitrogens with one attached hydrogen (secondary N) is 2. The summed E-state index contributed by atoms with van der Waals surface area (Å²) >= 11 is 0. The van der Waals surface area contributed by atoms with Crippen LogP contribution in [-0.4, -0.2) is 50.3 Å². The Hall–Kier alpha value is -0.950. The minimum Gasteiger partial charge on any atom is -0.390 e. The van der Waals surface area contributed by atoms with Gasteiger partial charge < -0.3 is 15.7 Å². The van der Waals surface area contributed by atoms with E-state index in [4.69, 9.17) is 0 Å². The molecule has 20 heavy (non-hydrogen) atoms. The third kappa shape index (κ3) is 4.56. The molecule has 0 radical (unpaired) electrons. The van der Waals surface area contributed by atoms with Gasteiger partial charge in [-0.1, -0.05) is 29.8 Å². The Morgan fingerprint density at radius 3 is 2.50 bits per heavy atom. The van der Waals surface area contributed by atoms with Gasteiger partial charge in [0.25, 0.3) is 0 Å². The van der Waals surface area contributed by atoms with Gasteiger partial charge in [-0.15, -0.1) is 0 Å². The lowest BCUT2D eigenvalue weighted by molar-refractivity contribution is 0.166. The van der Waals surface area contributed by atoms with Crippen LogP contribution in [0.5, 0.6) is 0 Å². The average Bonchev–Trinajstić information content (AvgIpc) is 2.64. The number of hydrogen-bond donors (Lipinski definition) is 3. The van der Waals surface area contributed by atoms with E-state index in [1.54, 1.807) is 0 Å². The number of sulfone groups is 1. The molecule has 5 nitrogen and oxygen atoms in total. The summed E-state index contributed by atoms with van der Waals surface area (Å²) in [5.41, 5.74) is 2.46. The molecule has 1 saturated heterocycles. The lowest BCUT2D eigenvalue weighted by atomic mass is 10.1. The largest absolute Gasteiger partial charge is 0.390 e. The number of aliphatic hydroxyl groups excluding tert-OH is 1. The van der Waals surface area contributed by atoms with Crippen LogP contribution in [0.15, 0.2) is 24.3 Å². The maximum absolute atomic E-state index is 11.3. The van der Waals surface area contributed by atoms with Crippen LogP contribution < -0.4 is 10.6 Å². The molecular formula is C14H22N2O3S. The smallest absolute Gasteiger partial charge is 0.154 e. The first-order chi connectivity index (χ1) is 9.46. The lowest BCUT2D eigenvalue weighted by Gasteiger charge is -2.15. The van der Waals surface area contributed by atoms with E-state index in [0.717, 1.165) is 13.1 Å². The molecular weight excluding hydrogens is 276 g/mol. The normalized spacial score (nSPS) is 24.9. The molecule has 1 fully saturated rings. The second-order valence-corrected chi connectivity index (χ2v) is 7.52. The van der Waals surface area contributed by atoms with Crippen LogP contribution in [0.25, 0.3) is 0 Å². The number of aliphatic hydroxyl groups is 1. The summed E-state index contributed by atoms with van der Waals surface area (Å²) < 4.78 is 22.7. The minimum atomic E-state index is -3.07. The summed E-state index contributed by atoms with van der Waals surface area (Å²) in [5.74, 6) is -0.0897. The molecule has 3 N–H and O–H groups in total. The van der Waals surface area contributed by atoms with Gasteiger partial charge in [-0.3, -0.25) is 0 Å². The second kappa shape index (κ2) is 6.67. The molecule has 2 atom stereocenters. The lowest BCUT2D eigenvalue weighted by Crippen LogP contribution is -2.42. The number of hydrogen-bond acceptors (Lipinski definition) is 5. The molecule has 0 unspecified atom stereocenters. The van der Waals surface area contributed by atoms with E-state index in [0.29, 0.717) is 6.54 Å². The summed E-state index contributed by atoms with van der Waals surface area (Å²) in [5, 5.41) is 16.0. The molecule has 1 aromatic carbocycles. The summed E-state index contributed by atoms with van der Waals surface area (Å²) in [6, 6.07) is 8.00. The van der Waals surface area contributed by atoms with Crippen molar-refractivity contribution in [2.75, 3.05) is 24.6 Å². The van der Waals surface area contributed by atoms with Crippen molar-refractivity contribution in [3.05, 3.63) is 35.4 Å². The SMILES string of the molecule is Cc1ccc(CNCCN[C@H]2CS(=O)(=O)C[C@H]2O)cc1. The fourth-order valence-electron chi connectivity index (χ4n) is 2.31. The Labute approximate surface area is 120 Å². The molecule has 1 aliphatic heterocycles. The monoisotopic (exact) mass is 298 g/mol. The van der Waals surface area contributed by atoms with E-state index < -0.39 is 15.9 Å². The van der Waals surface area contributed by atoms with Crippen molar-refractivity contribution in [3.8, 4) is 0 Å². The van der Waals surface area contributed by atoms with Gasteiger partial charge in [0.05, 0.1) is 17.6 Å². The van der Waals surface area contributed by atoms with E-state index in [1.165, 1.54) is 11.1 Å². The summed E-state index contributed by atoms with van der Waals surface area (Å²) in [7, 11) is -3.07. The summed E-state index contributed by atoms with van der Waals surface area (Å²) in [4.78, 5) is 0. The molecule has 0 aliphatic carbocycles. The topological polar surface area (TPSA) is 78.4 Å². The fourth-order valence-corrected chi connectivity index (χ4v) is 4.08. The third-order valence-electron chi connectivity index (χ3n) is 3.48. The van der Waals surface area contributed by atoms with Crippen LogP contribution in [0.4, 0.5) is 0 Å². The van der Waals surface area contributed by atoms with Gasteiger partial charge in [0, 0.05) is 25.7 Å². The molecule has 0 spiro atoms. The molecule has 6 heteroatoms. The number of benzene rings is 1. The van der Waals surface area contributed by atoms with Crippen LogP contribution in [0.1, 0.15) is 11.1 Å². The Bertz CT molecular complexity index is 528. The first kappa shape index (κ1) is 15.4. The van der Waals surface area contributed by atoms with Crippen molar-refractivity contribution in [2.45, 2.75) is 25.6 Å². The molecule has 1 aromatic rings. The van der Waals surface area contributed by atoms with Crippen molar-refractivity contribution in [2.24, 2.45) is 0 Å². The van der Waals surface area contributed by atoms with E-state index >= 15 is 0 Å². The number of aryl methyl sites for hydroxylation is 1. The van der Waals surface area contributed by atoms with Gasteiger partial charge in [0.15, 0.2) is 9.84 Å². The molecule has 0 amide bonds. The minimum absolute atomic E-state index is 0.0339. The second-order valence-electron chi connectivity index (χ2n) is 5.37. The van der Waals surface area contributed by atoms with Crippen LogP contribution >= 0.6 is 0 Å². The maximum atomic E-state index is 11.3. The molecule has 0 bridgehead atoms. The fraction of sp³-hybridized carbons (Fsp3) is 0.571. The van der Waals surface area contributed by atoms with Crippen molar-refractivity contribution < 1.29 is 13.5 Å². The Kier molecular flexibility index (Phi) is 5.15. The van der Waals surface area contributed by atoms with Crippen molar-refractivity contribution in [1.29, 1.82) is 0 Å². The highest BCUT2D eigenvalue weighted by atomic mass is 32.2. The standard InChI is InChI=1S/C14H22N2O3S/c1-11-2-4-12(5-3-11)8-15-6-7-16-13-9-20(18,19)10-14(13)17/h2-5,13-17H,6-10H2,1H3/t13-,14+/m0/s1. The van der Waals surface area contributed by atoms with Crippen LogP contribution in [-0.2, 0) is 16.4 Å². The molecule has 112 valence electrons. The Morgan fingerprint density at radius 1 is 1.20 bits per heavy atom. The average molecular weight is 298 g/mol. The van der Waals surface area contributed by atoms with E-state index in [1.807, 2.05) is 0 Å². The van der Waals surface area contributed by atoms with Crippen LogP contribution in [0, 0.1) is 6.92 Å². The van der Waals surface area contributed by atoms with Crippen LogP contribution in [0.2, 0.25) is 0 Å². The van der Waals surface area contributed by atoms with Gasteiger partial charge in [0.2, 0.25) is 0 Å². The molecule has 0 aromatic heterocycles. The van der Waals surface area contributed by atoms with Crippen molar-refractivity contribution >= 4 is 9.84 Å². The third-order valence-corrected chi connectivity index (χ3v) is 5.20. The molecule has 0 saturated carbocycles. The summed E-state index contributed by atoms with van der Waals surface area (Å²) in [6.45, 7) is 4.22. The van der Waals surface area contributed by atoms with Crippen molar-refractivity contribution in [1.82, 2.24) is 10.6 Å².